The number of amides is 4. The van der Waals surface area contributed by atoms with Crippen molar-refractivity contribution in [1.82, 2.24) is 30.8 Å². The highest BCUT2D eigenvalue weighted by Gasteiger charge is 2.53. The van der Waals surface area contributed by atoms with Gasteiger partial charge in [-0.3, -0.25) is 24.1 Å². The third kappa shape index (κ3) is 7.66. The van der Waals surface area contributed by atoms with Crippen molar-refractivity contribution in [2.75, 3.05) is 36.8 Å². The highest BCUT2D eigenvalue weighted by Crippen LogP contribution is 2.37. The van der Waals surface area contributed by atoms with E-state index in [2.05, 4.69) is 41.5 Å². The lowest BCUT2D eigenvalue weighted by Crippen LogP contribution is -2.70. The SMILES string of the molecule is CO/N=C(\C(=O)N[C@@H]1C(=O)N2C(C(=O)O)=CCS[C@H]12)c1csc(NC(=O)[C@@H](NC(=O)/C(=N/OC)c2csc(N)n2)[C@@H]2NC(C(=O)O)=CCS2)n1. The molecule has 0 aromatic carbocycles. The van der Waals surface area contributed by atoms with Crippen LogP contribution in [0, 0.1) is 0 Å². The molecule has 2 aromatic rings. The van der Waals surface area contributed by atoms with Gasteiger partial charge in [0.15, 0.2) is 21.7 Å². The number of rotatable bonds is 13. The molecule has 3 aliphatic heterocycles. The second-order valence-corrected chi connectivity index (χ2v) is 14.0. The van der Waals surface area contributed by atoms with Crippen molar-refractivity contribution in [1.29, 1.82) is 0 Å². The standard InChI is InChI=1S/C26H26N10O10S4/c1-45-34-13(10-7-49-25(27)29-10)17(37)31-15(20-28-9(23(41)42)3-5-47-20)19(39)33-26-30-11(8-50-26)14(35-46-2)18(38)32-16-21(40)36-12(24(43)44)4-6-48-22(16)36/h3-4,7-8,15-16,20,22,28H,5-6H2,1-2H3,(H2,27,29)(H,31,37)(H,32,38)(H,41,42)(H,43,44)(H,30,33,39)/b34-13+,35-14-/t15-,16-,20-,22-/m1/s1. The van der Waals surface area contributed by atoms with E-state index in [1.54, 1.807) is 0 Å². The maximum Gasteiger partial charge on any atom is 0.352 e. The van der Waals surface area contributed by atoms with Crippen LogP contribution in [0.5, 0.6) is 0 Å². The fourth-order valence-electron chi connectivity index (χ4n) is 4.66. The molecule has 0 bridgehead atoms. The molecule has 5 heterocycles. The maximum atomic E-state index is 13.7. The molecule has 264 valence electrons. The zero-order chi connectivity index (χ0) is 36.1. The van der Waals surface area contributed by atoms with Gasteiger partial charge in [0.2, 0.25) is 0 Å². The van der Waals surface area contributed by atoms with Crippen LogP contribution in [0.15, 0.2) is 44.6 Å². The summed E-state index contributed by atoms with van der Waals surface area (Å²) in [6.45, 7) is 0. The van der Waals surface area contributed by atoms with Crippen LogP contribution in [0.4, 0.5) is 10.3 Å². The first-order valence-electron chi connectivity index (χ1n) is 13.9. The number of aliphatic carboxylic acids is 2. The van der Waals surface area contributed by atoms with E-state index in [0.717, 1.165) is 39.3 Å². The van der Waals surface area contributed by atoms with Gasteiger partial charge in [0, 0.05) is 22.3 Å². The summed E-state index contributed by atoms with van der Waals surface area (Å²) >= 11 is 4.34. The molecule has 0 aliphatic carbocycles. The largest absolute Gasteiger partial charge is 0.477 e. The molecule has 20 nitrogen and oxygen atoms in total. The highest BCUT2D eigenvalue weighted by molar-refractivity contribution is 8.00. The lowest BCUT2D eigenvalue weighted by atomic mass is 10.0. The van der Waals surface area contributed by atoms with Crippen LogP contribution in [0.3, 0.4) is 0 Å². The fraction of sp³-hybridized carbons (Fsp3) is 0.308. The summed E-state index contributed by atoms with van der Waals surface area (Å²) in [5.41, 5.74) is 4.73. The van der Waals surface area contributed by atoms with Gasteiger partial charge < -0.3 is 46.9 Å². The number of thioether (sulfide) groups is 2. The van der Waals surface area contributed by atoms with Crippen LogP contribution < -0.4 is 27.0 Å². The van der Waals surface area contributed by atoms with Crippen LogP contribution in [-0.4, -0.2) is 121 Å². The van der Waals surface area contributed by atoms with Gasteiger partial charge >= 0.3 is 11.9 Å². The Morgan fingerprint density at radius 2 is 1.64 bits per heavy atom. The molecule has 0 saturated carbocycles. The van der Waals surface area contributed by atoms with Gasteiger partial charge in [-0.25, -0.2) is 19.6 Å². The number of nitrogens with zero attached hydrogens (tertiary/aromatic N) is 5. The van der Waals surface area contributed by atoms with E-state index in [1.807, 2.05) is 0 Å². The Morgan fingerprint density at radius 3 is 2.28 bits per heavy atom. The van der Waals surface area contributed by atoms with Gasteiger partial charge in [0.1, 0.15) is 59.8 Å². The van der Waals surface area contributed by atoms with Crippen molar-refractivity contribution in [3.05, 3.63) is 45.7 Å². The Hall–Kier alpha value is -5.20. The fourth-order valence-corrected chi connectivity index (χ4v) is 8.17. The summed E-state index contributed by atoms with van der Waals surface area (Å²) in [6, 6.07) is -2.47. The normalized spacial score (nSPS) is 20.9. The van der Waals surface area contributed by atoms with Crippen LogP contribution in [0.2, 0.25) is 0 Å². The first kappa shape index (κ1) is 36.1. The van der Waals surface area contributed by atoms with Crippen molar-refractivity contribution in [2.24, 2.45) is 10.3 Å². The van der Waals surface area contributed by atoms with Crippen molar-refractivity contribution in [3.8, 4) is 0 Å². The number of hydrogen-bond acceptors (Lipinski definition) is 18. The first-order valence-corrected chi connectivity index (χ1v) is 17.8. The molecule has 24 heteroatoms. The molecule has 1 saturated heterocycles. The number of fused-ring (bicyclic) bond motifs is 1. The number of carboxylic acid groups (broad SMARTS) is 2. The first-order chi connectivity index (χ1) is 23.9. The van der Waals surface area contributed by atoms with Crippen LogP contribution in [0.1, 0.15) is 11.4 Å². The summed E-state index contributed by atoms with van der Waals surface area (Å²) < 4.78 is 0. The lowest BCUT2D eigenvalue weighted by Gasteiger charge is -2.48. The van der Waals surface area contributed by atoms with Crippen LogP contribution in [0.25, 0.3) is 0 Å². The molecule has 4 atom stereocenters. The zero-order valence-corrected chi connectivity index (χ0v) is 28.9. The Morgan fingerprint density at radius 1 is 0.980 bits per heavy atom. The Balaban J connectivity index is 1.33. The van der Waals surface area contributed by atoms with Crippen LogP contribution >= 0.6 is 46.2 Å². The van der Waals surface area contributed by atoms with E-state index in [0.29, 0.717) is 5.75 Å². The number of carbonyl (C=O) groups is 6. The van der Waals surface area contributed by atoms with E-state index in [1.165, 1.54) is 48.9 Å². The van der Waals surface area contributed by atoms with E-state index in [4.69, 9.17) is 15.4 Å². The third-order valence-corrected chi connectivity index (χ3v) is 10.6. The molecule has 0 radical (unpaired) electrons. The molecule has 1 fully saturated rings. The number of hydrogen-bond donors (Lipinski definition) is 7. The molecule has 50 heavy (non-hydrogen) atoms. The number of aromatic nitrogens is 2. The number of carboxylic acids is 2. The van der Waals surface area contributed by atoms with Crippen molar-refractivity contribution >= 4 is 103 Å². The summed E-state index contributed by atoms with van der Waals surface area (Å²) in [4.78, 5) is 95.3. The van der Waals surface area contributed by atoms with Crippen LogP contribution in [-0.2, 0) is 38.4 Å². The number of anilines is 2. The monoisotopic (exact) mass is 766 g/mol. The minimum Gasteiger partial charge on any atom is -0.477 e. The number of nitrogens with two attached hydrogens (primary N) is 1. The minimum atomic E-state index is -1.43. The van der Waals surface area contributed by atoms with Crippen molar-refractivity contribution in [3.63, 3.8) is 0 Å². The summed E-state index contributed by atoms with van der Waals surface area (Å²) in [5.74, 6) is -5.20. The smallest absolute Gasteiger partial charge is 0.352 e. The average Bonchev–Trinajstić information content (AvgIpc) is 3.75. The number of nitrogen functional groups attached to an aromatic ring is 1. The molecule has 0 unspecified atom stereocenters. The molecule has 2 aromatic heterocycles. The summed E-state index contributed by atoms with van der Waals surface area (Å²) in [6.07, 6.45) is 2.82. The van der Waals surface area contributed by atoms with E-state index in [9.17, 15) is 39.0 Å². The van der Waals surface area contributed by atoms with Gasteiger partial charge in [-0.15, -0.1) is 46.2 Å². The van der Waals surface area contributed by atoms with Gasteiger partial charge in [0.25, 0.3) is 23.6 Å². The maximum absolute atomic E-state index is 13.7. The molecule has 8 N–H and O–H groups in total. The predicted octanol–water partition coefficient (Wildman–Crippen LogP) is -0.994. The third-order valence-electron chi connectivity index (χ3n) is 6.85. The van der Waals surface area contributed by atoms with Gasteiger partial charge in [0.05, 0.1) is 0 Å². The average molecular weight is 767 g/mol. The predicted molar refractivity (Wildman–Crippen MR) is 182 cm³/mol. The van der Waals surface area contributed by atoms with E-state index >= 15 is 0 Å². The second-order valence-electron chi connectivity index (χ2n) is 9.89. The number of nitrogens with one attached hydrogen (secondary N) is 4. The zero-order valence-electron chi connectivity index (χ0n) is 25.6. The molecule has 4 amide bonds. The Bertz CT molecular complexity index is 1860. The number of β-lactam (4-membered cyclic amide) rings is 1. The molecule has 3 aliphatic rings. The molecular formula is C26H26N10O10S4. The Kier molecular flexibility index (Phi) is 11.2. The van der Waals surface area contributed by atoms with Gasteiger partial charge in [-0.05, 0) is 12.2 Å². The topological polar surface area (TPSA) is 289 Å². The number of carbonyl (C=O) groups excluding carboxylic acids is 4. The quantitative estimate of drug-likeness (QED) is 0.0731. The van der Waals surface area contributed by atoms with Crippen molar-refractivity contribution < 1.29 is 48.7 Å². The summed E-state index contributed by atoms with van der Waals surface area (Å²) in [5, 5.41) is 38.1. The second kappa shape index (κ2) is 15.6. The van der Waals surface area contributed by atoms with Crippen molar-refractivity contribution in [2.45, 2.75) is 22.8 Å². The minimum absolute atomic E-state index is 0.0429. The lowest BCUT2D eigenvalue weighted by molar-refractivity contribution is -0.150. The van der Waals surface area contributed by atoms with Gasteiger partial charge in [-0.2, -0.15) is 0 Å². The van der Waals surface area contributed by atoms with E-state index in [-0.39, 0.29) is 50.2 Å². The number of thiazole rings is 2. The number of oxime groups is 2. The molecular weight excluding hydrogens is 741 g/mol. The van der Waals surface area contributed by atoms with E-state index < -0.39 is 58.4 Å². The highest BCUT2D eigenvalue weighted by atomic mass is 32.2. The molecule has 5 rings (SSSR count). The molecule has 0 spiro atoms. The summed E-state index contributed by atoms with van der Waals surface area (Å²) in [7, 11) is 2.39. The van der Waals surface area contributed by atoms with Gasteiger partial charge in [-0.1, -0.05) is 10.3 Å². The Labute approximate surface area is 297 Å².